The Morgan fingerprint density at radius 3 is 3.07 bits per heavy atom. The number of benzene rings is 1. The maximum Gasteiger partial charge on any atom is 0.271 e. The van der Waals surface area contributed by atoms with Crippen LogP contribution in [0, 0.1) is 10.1 Å². The SMILES string of the molecule is COCn1cnc2cc([N+](=O)[O-])ccc21. The van der Waals surface area contributed by atoms with Gasteiger partial charge in [-0.2, -0.15) is 0 Å². The van der Waals surface area contributed by atoms with Gasteiger partial charge < -0.3 is 9.30 Å². The first-order valence-electron chi connectivity index (χ1n) is 4.30. The Hall–Kier alpha value is -1.95. The minimum absolute atomic E-state index is 0.0465. The monoisotopic (exact) mass is 207 g/mol. The van der Waals surface area contributed by atoms with Crippen molar-refractivity contribution in [2.75, 3.05) is 7.11 Å². The van der Waals surface area contributed by atoms with Crippen molar-refractivity contribution in [2.45, 2.75) is 6.73 Å². The van der Waals surface area contributed by atoms with Crippen molar-refractivity contribution in [3.8, 4) is 0 Å². The molecule has 2 aromatic rings. The number of hydrogen-bond acceptors (Lipinski definition) is 4. The largest absolute Gasteiger partial charge is 0.364 e. The summed E-state index contributed by atoms with van der Waals surface area (Å²) in [6.07, 6.45) is 1.60. The lowest BCUT2D eigenvalue weighted by Gasteiger charge is -2.00. The summed E-state index contributed by atoms with van der Waals surface area (Å²) < 4.78 is 6.74. The third-order valence-electron chi connectivity index (χ3n) is 2.08. The van der Waals surface area contributed by atoms with Gasteiger partial charge in [-0.05, 0) is 6.07 Å². The van der Waals surface area contributed by atoms with Crippen LogP contribution in [0.4, 0.5) is 5.69 Å². The summed E-state index contributed by atoms with van der Waals surface area (Å²) in [5, 5.41) is 10.5. The van der Waals surface area contributed by atoms with E-state index in [2.05, 4.69) is 4.98 Å². The quantitative estimate of drug-likeness (QED) is 0.565. The molecule has 6 nitrogen and oxygen atoms in total. The highest BCUT2D eigenvalue weighted by Gasteiger charge is 2.09. The van der Waals surface area contributed by atoms with Crippen LogP contribution < -0.4 is 0 Å². The lowest BCUT2D eigenvalue weighted by molar-refractivity contribution is -0.384. The van der Waals surface area contributed by atoms with E-state index in [1.807, 2.05) is 0 Å². The molecule has 0 radical (unpaired) electrons. The number of nitro groups is 1. The lowest BCUT2D eigenvalue weighted by atomic mass is 10.3. The number of nitro benzene ring substituents is 1. The minimum atomic E-state index is -0.436. The molecule has 0 amide bonds. The lowest BCUT2D eigenvalue weighted by Crippen LogP contribution is -1.97. The van der Waals surface area contributed by atoms with Crippen LogP contribution in [0.3, 0.4) is 0 Å². The average Bonchev–Trinajstić information content (AvgIpc) is 2.61. The molecular formula is C9H9N3O3. The van der Waals surface area contributed by atoms with Crippen LogP contribution in [0.15, 0.2) is 24.5 Å². The maximum atomic E-state index is 10.5. The Morgan fingerprint density at radius 2 is 2.40 bits per heavy atom. The fraction of sp³-hybridized carbons (Fsp3) is 0.222. The Bertz CT molecular complexity index is 506. The molecule has 1 heterocycles. The molecule has 0 saturated heterocycles. The van der Waals surface area contributed by atoms with Crippen molar-refractivity contribution in [1.82, 2.24) is 9.55 Å². The van der Waals surface area contributed by atoms with Gasteiger partial charge in [0, 0.05) is 19.2 Å². The van der Waals surface area contributed by atoms with E-state index in [-0.39, 0.29) is 5.69 Å². The number of hydrogen-bond donors (Lipinski definition) is 0. The molecule has 0 N–H and O–H groups in total. The van der Waals surface area contributed by atoms with E-state index in [1.54, 1.807) is 24.1 Å². The summed E-state index contributed by atoms with van der Waals surface area (Å²) in [5.74, 6) is 0. The molecular weight excluding hydrogens is 198 g/mol. The second kappa shape index (κ2) is 3.66. The van der Waals surface area contributed by atoms with Gasteiger partial charge in [0.1, 0.15) is 6.73 Å². The van der Waals surface area contributed by atoms with Crippen LogP contribution in [-0.4, -0.2) is 21.6 Å². The zero-order valence-corrected chi connectivity index (χ0v) is 8.08. The van der Waals surface area contributed by atoms with Crippen molar-refractivity contribution in [3.05, 3.63) is 34.6 Å². The van der Waals surface area contributed by atoms with Gasteiger partial charge >= 0.3 is 0 Å². The molecule has 0 bridgehead atoms. The predicted octanol–water partition coefficient (Wildman–Crippen LogP) is 1.55. The summed E-state index contributed by atoms with van der Waals surface area (Å²) in [4.78, 5) is 14.1. The first kappa shape index (κ1) is 9.60. The molecule has 1 aromatic heterocycles. The van der Waals surface area contributed by atoms with Gasteiger partial charge in [0.05, 0.1) is 22.3 Å². The second-order valence-electron chi connectivity index (χ2n) is 3.06. The van der Waals surface area contributed by atoms with Crippen LogP contribution in [0.1, 0.15) is 0 Å². The normalized spacial score (nSPS) is 10.7. The Labute approximate surface area is 85.2 Å². The third-order valence-corrected chi connectivity index (χ3v) is 2.08. The zero-order valence-electron chi connectivity index (χ0n) is 8.08. The topological polar surface area (TPSA) is 70.2 Å². The number of fused-ring (bicyclic) bond motifs is 1. The molecule has 0 aliphatic carbocycles. The molecule has 0 atom stereocenters. The number of methoxy groups -OCH3 is 1. The van der Waals surface area contributed by atoms with Crippen LogP contribution in [0.5, 0.6) is 0 Å². The van der Waals surface area contributed by atoms with E-state index in [0.717, 1.165) is 5.52 Å². The molecule has 0 spiro atoms. The molecule has 0 aliphatic rings. The second-order valence-corrected chi connectivity index (χ2v) is 3.06. The first-order valence-corrected chi connectivity index (χ1v) is 4.30. The van der Waals surface area contributed by atoms with E-state index < -0.39 is 4.92 Å². The van der Waals surface area contributed by atoms with Gasteiger partial charge in [0.15, 0.2) is 0 Å². The third kappa shape index (κ3) is 1.66. The molecule has 2 rings (SSSR count). The fourth-order valence-electron chi connectivity index (χ4n) is 1.41. The van der Waals surface area contributed by atoms with Crippen molar-refractivity contribution < 1.29 is 9.66 Å². The summed E-state index contributed by atoms with van der Waals surface area (Å²) in [6, 6.07) is 4.57. The number of aromatic nitrogens is 2. The van der Waals surface area contributed by atoms with E-state index in [4.69, 9.17) is 4.74 Å². The van der Waals surface area contributed by atoms with Gasteiger partial charge in [-0.1, -0.05) is 0 Å². The standard InChI is InChI=1S/C9H9N3O3/c1-15-6-11-5-10-8-4-7(12(13)14)2-3-9(8)11/h2-5H,6H2,1H3. The minimum Gasteiger partial charge on any atom is -0.364 e. The highest BCUT2D eigenvalue weighted by atomic mass is 16.6. The summed E-state index contributed by atoms with van der Waals surface area (Å²) in [7, 11) is 1.58. The van der Waals surface area contributed by atoms with Crippen molar-refractivity contribution in [3.63, 3.8) is 0 Å². The number of nitrogens with zero attached hydrogens (tertiary/aromatic N) is 3. The predicted molar refractivity (Wildman–Crippen MR) is 53.4 cm³/mol. The van der Waals surface area contributed by atoms with E-state index >= 15 is 0 Å². The van der Waals surface area contributed by atoms with Gasteiger partial charge in [-0.25, -0.2) is 4.98 Å². The van der Waals surface area contributed by atoms with Crippen LogP contribution >= 0.6 is 0 Å². The van der Waals surface area contributed by atoms with Crippen molar-refractivity contribution >= 4 is 16.7 Å². The molecule has 15 heavy (non-hydrogen) atoms. The summed E-state index contributed by atoms with van der Waals surface area (Å²) >= 11 is 0. The van der Waals surface area contributed by atoms with Gasteiger partial charge in [-0.3, -0.25) is 10.1 Å². The molecule has 0 fully saturated rings. The number of non-ortho nitro benzene ring substituents is 1. The molecule has 1 aromatic carbocycles. The van der Waals surface area contributed by atoms with E-state index in [1.165, 1.54) is 12.1 Å². The number of rotatable bonds is 3. The van der Waals surface area contributed by atoms with Gasteiger partial charge in [0.25, 0.3) is 5.69 Å². The highest BCUT2D eigenvalue weighted by molar-refractivity contribution is 5.77. The van der Waals surface area contributed by atoms with Crippen LogP contribution in [-0.2, 0) is 11.5 Å². The Kier molecular flexibility index (Phi) is 2.34. The first-order chi connectivity index (χ1) is 7.22. The highest BCUT2D eigenvalue weighted by Crippen LogP contribution is 2.19. The fourth-order valence-corrected chi connectivity index (χ4v) is 1.41. The molecule has 0 unspecified atom stereocenters. The molecule has 6 heteroatoms. The molecule has 0 saturated carbocycles. The van der Waals surface area contributed by atoms with Crippen molar-refractivity contribution in [1.29, 1.82) is 0 Å². The summed E-state index contributed by atoms with van der Waals surface area (Å²) in [6.45, 7) is 0.383. The van der Waals surface area contributed by atoms with Crippen molar-refractivity contribution in [2.24, 2.45) is 0 Å². The van der Waals surface area contributed by atoms with Gasteiger partial charge in [0.2, 0.25) is 0 Å². The average molecular weight is 207 g/mol. The zero-order chi connectivity index (χ0) is 10.8. The number of ether oxygens (including phenoxy) is 1. The smallest absolute Gasteiger partial charge is 0.271 e. The summed E-state index contributed by atoms with van der Waals surface area (Å²) in [5.41, 5.74) is 1.47. The van der Waals surface area contributed by atoms with E-state index in [0.29, 0.717) is 12.2 Å². The number of imidazole rings is 1. The maximum absolute atomic E-state index is 10.5. The molecule has 0 aliphatic heterocycles. The van der Waals surface area contributed by atoms with Crippen LogP contribution in [0.25, 0.3) is 11.0 Å². The van der Waals surface area contributed by atoms with Gasteiger partial charge in [-0.15, -0.1) is 0 Å². The van der Waals surface area contributed by atoms with E-state index in [9.17, 15) is 10.1 Å². The Morgan fingerprint density at radius 1 is 1.60 bits per heavy atom. The molecule has 78 valence electrons. The Balaban J connectivity index is 2.51. The van der Waals surface area contributed by atoms with Crippen LogP contribution in [0.2, 0.25) is 0 Å².